The molecular weight excluding hydrogens is 360 g/mol. The zero-order valence-corrected chi connectivity index (χ0v) is 14.6. The van der Waals surface area contributed by atoms with Crippen LogP contribution in [0.3, 0.4) is 0 Å². The summed E-state index contributed by atoms with van der Waals surface area (Å²) in [5.41, 5.74) is 0.538. The molecule has 2 aromatic carbocycles. The molecule has 1 atom stereocenters. The summed E-state index contributed by atoms with van der Waals surface area (Å²) in [6, 6.07) is 13.0. The lowest BCUT2D eigenvalue weighted by Gasteiger charge is -2.30. The number of hydrogen-bond donors (Lipinski definition) is 0. The SMILES string of the molecule is O=C(C(Oc1ccc([N+](=O)[O-])cc1Cl)c1ccccc1)N1CCOCC1. The normalized spacial score (nSPS) is 15.3. The molecule has 0 bridgehead atoms. The molecular formula is C18H17ClN2O5. The molecule has 1 aliphatic rings. The minimum Gasteiger partial charge on any atom is -0.474 e. The monoisotopic (exact) mass is 376 g/mol. The van der Waals surface area contributed by atoms with E-state index in [2.05, 4.69) is 0 Å². The molecule has 26 heavy (non-hydrogen) atoms. The molecule has 7 nitrogen and oxygen atoms in total. The number of morpholine rings is 1. The van der Waals surface area contributed by atoms with Crippen molar-refractivity contribution in [3.8, 4) is 5.75 Å². The van der Waals surface area contributed by atoms with E-state index in [1.54, 1.807) is 17.0 Å². The molecule has 1 unspecified atom stereocenters. The van der Waals surface area contributed by atoms with Gasteiger partial charge in [-0.1, -0.05) is 41.9 Å². The van der Waals surface area contributed by atoms with Crippen LogP contribution in [0.4, 0.5) is 5.69 Å². The summed E-state index contributed by atoms with van der Waals surface area (Å²) in [6.07, 6.45) is -0.895. The van der Waals surface area contributed by atoms with Gasteiger partial charge in [0.05, 0.1) is 23.2 Å². The van der Waals surface area contributed by atoms with E-state index in [-0.39, 0.29) is 22.4 Å². The Hall–Kier alpha value is -2.64. The van der Waals surface area contributed by atoms with Crippen LogP contribution in [0.25, 0.3) is 0 Å². The first kappa shape index (κ1) is 18.2. The smallest absolute Gasteiger partial charge is 0.271 e. The van der Waals surface area contributed by atoms with Crippen molar-refractivity contribution in [2.24, 2.45) is 0 Å². The number of nitrogens with zero attached hydrogens (tertiary/aromatic N) is 2. The van der Waals surface area contributed by atoms with Gasteiger partial charge in [-0.25, -0.2) is 0 Å². The first-order valence-corrected chi connectivity index (χ1v) is 8.46. The van der Waals surface area contributed by atoms with Crippen molar-refractivity contribution in [3.05, 3.63) is 69.2 Å². The highest BCUT2D eigenvalue weighted by molar-refractivity contribution is 6.32. The summed E-state index contributed by atoms with van der Waals surface area (Å²) < 4.78 is 11.2. The number of benzene rings is 2. The molecule has 0 spiro atoms. The van der Waals surface area contributed by atoms with E-state index in [1.165, 1.54) is 18.2 Å². The fourth-order valence-corrected chi connectivity index (χ4v) is 2.88. The molecule has 1 saturated heterocycles. The fraction of sp³-hybridized carbons (Fsp3) is 0.278. The molecule has 0 N–H and O–H groups in total. The summed E-state index contributed by atoms with van der Waals surface area (Å²) in [5.74, 6) is 0.0154. The number of rotatable bonds is 5. The van der Waals surface area contributed by atoms with Gasteiger partial charge < -0.3 is 14.4 Å². The molecule has 0 aliphatic carbocycles. The molecule has 136 valence electrons. The van der Waals surface area contributed by atoms with E-state index in [1.807, 2.05) is 18.2 Å². The maximum Gasteiger partial charge on any atom is 0.271 e. The number of halogens is 1. The van der Waals surface area contributed by atoms with E-state index in [9.17, 15) is 14.9 Å². The second kappa shape index (κ2) is 8.16. The number of nitro groups is 1. The minimum absolute atomic E-state index is 0.0786. The summed E-state index contributed by atoms with van der Waals surface area (Å²) in [4.78, 5) is 25.0. The summed E-state index contributed by atoms with van der Waals surface area (Å²) in [5, 5.41) is 10.9. The van der Waals surface area contributed by atoms with Crippen molar-refractivity contribution in [2.45, 2.75) is 6.10 Å². The molecule has 3 rings (SSSR count). The summed E-state index contributed by atoms with van der Waals surface area (Å²) in [6.45, 7) is 1.93. The average molecular weight is 377 g/mol. The Balaban J connectivity index is 1.89. The van der Waals surface area contributed by atoms with Crippen molar-refractivity contribution in [1.82, 2.24) is 4.90 Å². The van der Waals surface area contributed by atoms with Crippen molar-refractivity contribution in [3.63, 3.8) is 0 Å². The Morgan fingerprint density at radius 1 is 1.19 bits per heavy atom. The predicted molar refractivity (Wildman–Crippen MR) is 95.3 cm³/mol. The van der Waals surface area contributed by atoms with Crippen LogP contribution >= 0.6 is 11.6 Å². The standard InChI is InChI=1S/C18H17ClN2O5/c19-15-12-14(21(23)24)6-7-16(15)26-17(13-4-2-1-3-5-13)18(22)20-8-10-25-11-9-20/h1-7,12,17H,8-11H2. The Kier molecular flexibility index (Phi) is 5.70. The predicted octanol–water partition coefficient (Wildman–Crippen LogP) is 3.23. The van der Waals surface area contributed by atoms with E-state index in [0.717, 1.165) is 0 Å². The molecule has 8 heteroatoms. The molecule has 2 aromatic rings. The molecule has 0 saturated carbocycles. The summed E-state index contributed by atoms with van der Waals surface area (Å²) in [7, 11) is 0. The maximum atomic E-state index is 13.0. The zero-order valence-electron chi connectivity index (χ0n) is 13.8. The minimum atomic E-state index is -0.895. The lowest BCUT2D eigenvalue weighted by atomic mass is 10.1. The van der Waals surface area contributed by atoms with Gasteiger partial charge in [-0.05, 0) is 6.07 Å². The van der Waals surface area contributed by atoms with Crippen LogP contribution in [-0.2, 0) is 9.53 Å². The van der Waals surface area contributed by atoms with Gasteiger partial charge in [-0.2, -0.15) is 0 Å². The van der Waals surface area contributed by atoms with E-state index < -0.39 is 11.0 Å². The lowest BCUT2D eigenvalue weighted by Crippen LogP contribution is -2.44. The van der Waals surface area contributed by atoms with E-state index in [4.69, 9.17) is 21.1 Å². The number of non-ortho nitro benzene ring substituents is 1. The third-order valence-electron chi connectivity index (χ3n) is 4.02. The van der Waals surface area contributed by atoms with Gasteiger partial charge in [0.1, 0.15) is 5.75 Å². The van der Waals surface area contributed by atoms with Gasteiger partial charge in [0, 0.05) is 30.8 Å². The quantitative estimate of drug-likeness (QED) is 0.591. The average Bonchev–Trinajstić information content (AvgIpc) is 2.67. The number of carbonyl (C=O) groups is 1. The number of amides is 1. The van der Waals surface area contributed by atoms with Crippen molar-refractivity contribution < 1.29 is 19.2 Å². The van der Waals surface area contributed by atoms with Crippen molar-refractivity contribution in [1.29, 1.82) is 0 Å². The van der Waals surface area contributed by atoms with Crippen LogP contribution in [0.5, 0.6) is 5.75 Å². The molecule has 0 aromatic heterocycles. The van der Waals surface area contributed by atoms with Crippen LogP contribution in [-0.4, -0.2) is 42.0 Å². The van der Waals surface area contributed by atoms with E-state index in [0.29, 0.717) is 31.9 Å². The fourth-order valence-electron chi connectivity index (χ4n) is 2.66. The molecule has 1 fully saturated rings. The Bertz CT molecular complexity index is 793. The number of nitro benzene ring substituents is 1. The lowest BCUT2D eigenvalue weighted by molar-refractivity contribution is -0.384. The molecule has 1 heterocycles. The van der Waals surface area contributed by atoms with E-state index >= 15 is 0 Å². The van der Waals surface area contributed by atoms with Crippen LogP contribution in [0.1, 0.15) is 11.7 Å². The third-order valence-corrected chi connectivity index (χ3v) is 4.32. The maximum absolute atomic E-state index is 13.0. The third kappa shape index (κ3) is 4.12. The van der Waals surface area contributed by atoms with Gasteiger partial charge in [-0.15, -0.1) is 0 Å². The van der Waals surface area contributed by atoms with Gasteiger partial charge in [0.15, 0.2) is 0 Å². The van der Waals surface area contributed by atoms with Gasteiger partial charge in [0.25, 0.3) is 11.6 Å². The highest BCUT2D eigenvalue weighted by Gasteiger charge is 2.29. The number of ether oxygens (including phenoxy) is 2. The van der Waals surface area contributed by atoms with Gasteiger partial charge >= 0.3 is 0 Å². The molecule has 1 aliphatic heterocycles. The largest absolute Gasteiger partial charge is 0.474 e. The first-order chi connectivity index (χ1) is 12.6. The number of carbonyl (C=O) groups excluding carboxylic acids is 1. The topological polar surface area (TPSA) is 81.9 Å². The first-order valence-electron chi connectivity index (χ1n) is 8.08. The zero-order chi connectivity index (χ0) is 18.5. The van der Waals surface area contributed by atoms with Crippen LogP contribution in [0.2, 0.25) is 5.02 Å². The number of hydrogen-bond acceptors (Lipinski definition) is 5. The van der Waals surface area contributed by atoms with Gasteiger partial charge in [0.2, 0.25) is 6.10 Å². The van der Waals surface area contributed by atoms with Crippen LogP contribution in [0.15, 0.2) is 48.5 Å². The van der Waals surface area contributed by atoms with Crippen LogP contribution in [0, 0.1) is 10.1 Å². The molecule has 1 amide bonds. The second-order valence-corrected chi connectivity index (χ2v) is 6.13. The second-order valence-electron chi connectivity index (χ2n) is 5.72. The summed E-state index contributed by atoms with van der Waals surface area (Å²) >= 11 is 6.12. The van der Waals surface area contributed by atoms with Crippen molar-refractivity contribution in [2.75, 3.05) is 26.3 Å². The Morgan fingerprint density at radius 2 is 1.88 bits per heavy atom. The Labute approximate surface area is 155 Å². The molecule has 0 radical (unpaired) electrons. The highest BCUT2D eigenvalue weighted by atomic mass is 35.5. The van der Waals surface area contributed by atoms with Crippen molar-refractivity contribution >= 4 is 23.2 Å². The van der Waals surface area contributed by atoms with Crippen LogP contribution < -0.4 is 4.74 Å². The highest BCUT2D eigenvalue weighted by Crippen LogP contribution is 2.33. The Morgan fingerprint density at radius 3 is 2.50 bits per heavy atom. The van der Waals surface area contributed by atoms with Gasteiger partial charge in [-0.3, -0.25) is 14.9 Å².